The van der Waals surface area contributed by atoms with Crippen molar-refractivity contribution in [3.63, 3.8) is 0 Å². The number of carbonyl (C=O) groups is 1. The molecule has 0 radical (unpaired) electrons. The lowest BCUT2D eigenvalue weighted by molar-refractivity contribution is -0.385. The minimum absolute atomic E-state index is 0.00520. The first-order chi connectivity index (χ1) is 10.5. The van der Waals surface area contributed by atoms with Crippen LogP contribution in [0.2, 0.25) is 0 Å². The van der Waals surface area contributed by atoms with Gasteiger partial charge in [0.15, 0.2) is 0 Å². The number of ether oxygens (including phenoxy) is 2. The lowest BCUT2D eigenvalue weighted by atomic mass is 10.1. The molecule has 0 bridgehead atoms. The maximum Gasteiger partial charge on any atom is 0.339 e. The number of hydrogen-bond acceptors (Lipinski definition) is 6. The van der Waals surface area contributed by atoms with Crippen LogP contribution in [0.5, 0.6) is 5.75 Å². The van der Waals surface area contributed by atoms with E-state index >= 15 is 0 Å². The van der Waals surface area contributed by atoms with E-state index in [-0.39, 0.29) is 11.3 Å². The first-order valence-electron chi connectivity index (χ1n) is 6.45. The Morgan fingerprint density at radius 2 is 2.09 bits per heavy atom. The Hall–Kier alpha value is -2.96. The molecule has 1 aromatic heterocycles. The molecule has 0 amide bonds. The molecule has 0 aliphatic rings. The predicted octanol–water partition coefficient (Wildman–Crippen LogP) is 2.92. The zero-order valence-corrected chi connectivity index (χ0v) is 12.1. The van der Waals surface area contributed by atoms with Gasteiger partial charge in [-0.1, -0.05) is 12.1 Å². The summed E-state index contributed by atoms with van der Waals surface area (Å²) in [5.74, 6) is -0.136. The third-order valence-corrected chi connectivity index (χ3v) is 3.00. The normalized spacial score (nSPS) is 11.5. The van der Waals surface area contributed by atoms with Gasteiger partial charge >= 0.3 is 5.97 Å². The Morgan fingerprint density at radius 3 is 2.77 bits per heavy atom. The molecule has 1 aromatic carbocycles. The number of rotatable bonds is 5. The molecule has 0 aliphatic heterocycles. The monoisotopic (exact) mass is 302 g/mol. The molecule has 0 N–H and O–H groups in total. The number of nitro benzene ring substituents is 1. The van der Waals surface area contributed by atoms with Crippen molar-refractivity contribution in [2.24, 2.45) is 0 Å². The molecule has 1 atom stereocenters. The highest BCUT2D eigenvalue weighted by Gasteiger charge is 2.14. The maximum absolute atomic E-state index is 11.4. The van der Waals surface area contributed by atoms with Gasteiger partial charge in [0, 0.05) is 18.3 Å². The van der Waals surface area contributed by atoms with Crippen LogP contribution in [-0.4, -0.2) is 23.0 Å². The van der Waals surface area contributed by atoms with Gasteiger partial charge in [0.1, 0.15) is 11.9 Å². The molecule has 0 aliphatic carbocycles. The Balaban J connectivity index is 2.18. The summed E-state index contributed by atoms with van der Waals surface area (Å²) >= 11 is 0. The van der Waals surface area contributed by atoms with E-state index in [1.807, 2.05) is 0 Å². The summed E-state index contributed by atoms with van der Waals surface area (Å²) in [5.41, 5.74) is 0.915. The van der Waals surface area contributed by atoms with Crippen molar-refractivity contribution in [3.05, 3.63) is 64.0 Å². The average molecular weight is 302 g/mol. The Kier molecular flexibility index (Phi) is 4.67. The van der Waals surface area contributed by atoms with Crippen LogP contribution in [0.3, 0.4) is 0 Å². The van der Waals surface area contributed by atoms with Crippen molar-refractivity contribution in [3.8, 4) is 5.75 Å². The molecule has 2 aromatic rings. The number of nitro groups is 1. The van der Waals surface area contributed by atoms with Gasteiger partial charge in [0.25, 0.3) is 5.69 Å². The summed E-state index contributed by atoms with van der Waals surface area (Å²) in [4.78, 5) is 25.7. The number of esters is 1. The summed E-state index contributed by atoms with van der Waals surface area (Å²) in [6.07, 6.45) is 2.39. The number of hydrogen-bond donors (Lipinski definition) is 0. The second-order valence-corrected chi connectivity index (χ2v) is 4.51. The van der Waals surface area contributed by atoms with Crippen LogP contribution in [0, 0.1) is 10.1 Å². The van der Waals surface area contributed by atoms with Crippen molar-refractivity contribution in [2.45, 2.75) is 13.0 Å². The van der Waals surface area contributed by atoms with Crippen molar-refractivity contribution < 1.29 is 19.2 Å². The summed E-state index contributed by atoms with van der Waals surface area (Å²) in [6, 6.07) is 7.69. The highest BCUT2D eigenvalue weighted by molar-refractivity contribution is 5.89. The van der Waals surface area contributed by atoms with Crippen molar-refractivity contribution in [1.82, 2.24) is 4.98 Å². The van der Waals surface area contributed by atoms with Gasteiger partial charge in [-0.2, -0.15) is 0 Å². The van der Waals surface area contributed by atoms with E-state index in [4.69, 9.17) is 4.74 Å². The van der Waals surface area contributed by atoms with Gasteiger partial charge in [-0.05, 0) is 18.6 Å². The van der Waals surface area contributed by atoms with E-state index in [9.17, 15) is 14.9 Å². The van der Waals surface area contributed by atoms with Crippen LogP contribution in [0.1, 0.15) is 28.9 Å². The first kappa shape index (κ1) is 15.4. The fourth-order valence-corrected chi connectivity index (χ4v) is 1.88. The Morgan fingerprint density at radius 1 is 1.32 bits per heavy atom. The summed E-state index contributed by atoms with van der Waals surface area (Å²) in [6.45, 7) is 1.75. The first-order valence-corrected chi connectivity index (χ1v) is 6.45. The molecule has 114 valence electrons. The zero-order chi connectivity index (χ0) is 16.1. The second kappa shape index (κ2) is 6.66. The number of nitrogens with zero attached hydrogens (tertiary/aromatic N) is 2. The van der Waals surface area contributed by atoms with Crippen LogP contribution in [0.15, 0.2) is 42.7 Å². The number of methoxy groups -OCH3 is 1. The smallest absolute Gasteiger partial charge is 0.339 e. The highest BCUT2D eigenvalue weighted by atomic mass is 16.6. The summed E-state index contributed by atoms with van der Waals surface area (Å²) in [7, 11) is 1.28. The van der Waals surface area contributed by atoms with E-state index in [1.54, 1.807) is 19.1 Å². The number of benzene rings is 1. The lowest BCUT2D eigenvalue weighted by Crippen LogP contribution is -2.06. The minimum atomic E-state index is -0.513. The van der Waals surface area contributed by atoms with Gasteiger partial charge in [-0.3, -0.25) is 15.1 Å². The molecular weight excluding hydrogens is 288 g/mol. The number of non-ortho nitro benzene ring substituents is 1. The quantitative estimate of drug-likeness (QED) is 0.479. The van der Waals surface area contributed by atoms with Gasteiger partial charge < -0.3 is 9.47 Å². The van der Waals surface area contributed by atoms with Gasteiger partial charge in [-0.15, -0.1) is 0 Å². The molecule has 0 saturated heterocycles. The fourth-order valence-electron chi connectivity index (χ4n) is 1.88. The summed E-state index contributed by atoms with van der Waals surface area (Å²) < 4.78 is 10.3. The number of carbonyl (C=O) groups excluding carboxylic acids is 1. The number of pyridine rings is 1. The largest absolute Gasteiger partial charge is 0.484 e. The molecule has 2 rings (SSSR count). The van der Waals surface area contributed by atoms with Crippen LogP contribution in [0.4, 0.5) is 5.69 Å². The molecule has 0 spiro atoms. The van der Waals surface area contributed by atoms with Crippen LogP contribution in [0.25, 0.3) is 0 Å². The van der Waals surface area contributed by atoms with Crippen molar-refractivity contribution in [1.29, 1.82) is 0 Å². The van der Waals surface area contributed by atoms with Crippen LogP contribution < -0.4 is 4.74 Å². The summed E-state index contributed by atoms with van der Waals surface area (Å²) in [5, 5.41) is 10.8. The molecule has 22 heavy (non-hydrogen) atoms. The van der Waals surface area contributed by atoms with E-state index in [2.05, 4.69) is 9.72 Å². The Labute approximate surface area is 126 Å². The fraction of sp³-hybridized carbons (Fsp3) is 0.200. The second-order valence-electron chi connectivity index (χ2n) is 4.51. The maximum atomic E-state index is 11.4. The van der Waals surface area contributed by atoms with Crippen molar-refractivity contribution in [2.75, 3.05) is 7.11 Å². The van der Waals surface area contributed by atoms with Gasteiger partial charge in [-0.25, -0.2) is 4.79 Å². The molecule has 0 saturated carbocycles. The minimum Gasteiger partial charge on any atom is -0.484 e. The standard InChI is InChI=1S/C15H14N2O5/c1-10(11-4-3-5-13(6-11)17(19)20)22-14-7-12(8-16-9-14)15(18)21-2/h3-10H,1-2H3. The molecule has 7 nitrogen and oxygen atoms in total. The molecule has 0 fully saturated rings. The average Bonchev–Trinajstić information content (AvgIpc) is 2.54. The lowest BCUT2D eigenvalue weighted by Gasteiger charge is -2.15. The molecule has 1 unspecified atom stereocenters. The Bertz CT molecular complexity index is 702. The molecule has 7 heteroatoms. The zero-order valence-electron chi connectivity index (χ0n) is 12.1. The van der Waals surface area contributed by atoms with Crippen LogP contribution in [-0.2, 0) is 4.74 Å². The van der Waals surface area contributed by atoms with Crippen molar-refractivity contribution >= 4 is 11.7 Å². The molecular formula is C15H14N2O5. The van der Waals surface area contributed by atoms with E-state index in [0.717, 1.165) is 0 Å². The molecule has 1 heterocycles. The highest BCUT2D eigenvalue weighted by Crippen LogP contribution is 2.24. The van der Waals surface area contributed by atoms with E-state index < -0.39 is 17.0 Å². The van der Waals surface area contributed by atoms with Crippen LogP contribution >= 0.6 is 0 Å². The third-order valence-electron chi connectivity index (χ3n) is 3.00. The topological polar surface area (TPSA) is 91.6 Å². The van der Waals surface area contributed by atoms with E-state index in [0.29, 0.717) is 11.3 Å². The van der Waals surface area contributed by atoms with Gasteiger partial charge in [0.2, 0.25) is 0 Å². The van der Waals surface area contributed by atoms with Gasteiger partial charge in [0.05, 0.1) is 23.8 Å². The SMILES string of the molecule is COC(=O)c1cncc(OC(C)c2cccc([N+](=O)[O-])c2)c1. The third kappa shape index (κ3) is 3.57. The predicted molar refractivity (Wildman–Crippen MR) is 77.7 cm³/mol. The number of aromatic nitrogens is 1. The van der Waals surface area contributed by atoms with E-state index in [1.165, 1.54) is 37.7 Å².